The van der Waals surface area contributed by atoms with Gasteiger partial charge in [0.2, 0.25) is 5.91 Å². The van der Waals surface area contributed by atoms with Gasteiger partial charge in [-0.15, -0.1) is 0 Å². The van der Waals surface area contributed by atoms with E-state index in [0.717, 1.165) is 64.2 Å². The molecular weight excluding hydrogens is 1020 g/mol. The Morgan fingerprint density at radius 1 is 0.468 bits per heavy atom. The summed E-state index contributed by atoms with van der Waals surface area (Å²) in [6.07, 6.45) is 22.1. The van der Waals surface area contributed by atoms with Crippen LogP contribution < -0.4 is 5.32 Å². The zero-order valence-corrected chi connectivity index (χ0v) is 47.6. The van der Waals surface area contributed by atoms with Gasteiger partial charge in [-0.05, 0) is 57.8 Å². The minimum absolute atomic E-state index is 0.189. The maximum atomic E-state index is 13.3. The molecule has 0 aromatic heterocycles. The number of nitrogens with one attached hydrogen (secondary N) is 1. The van der Waals surface area contributed by atoms with Crippen molar-refractivity contribution in [3.63, 3.8) is 0 Å². The molecule has 0 aromatic carbocycles. The average molecular weight is 1130 g/mol. The molecule has 3 saturated heterocycles. The van der Waals surface area contributed by atoms with Crippen molar-refractivity contribution in [2.75, 3.05) is 26.4 Å². The zero-order chi connectivity index (χ0) is 57.6. The van der Waals surface area contributed by atoms with Crippen LogP contribution in [0, 0.1) is 0 Å². The molecule has 3 aliphatic rings. The van der Waals surface area contributed by atoms with Crippen LogP contribution in [0.15, 0.2) is 60.8 Å². The Balaban J connectivity index is 1.52. The van der Waals surface area contributed by atoms with Gasteiger partial charge in [0.25, 0.3) is 0 Å². The molecule has 0 saturated carbocycles. The number of allylic oxidation sites excluding steroid dienone is 9. The summed E-state index contributed by atoms with van der Waals surface area (Å²) < 4.78 is 34.2. The standard InChI is InChI=1S/C60H105NO18/c1-3-5-7-9-11-13-15-17-19-20-21-22-24-25-27-29-31-33-35-37-44(65)43(61-48(66)38-36-34-32-30-28-26-23-18-16-14-12-10-8-6-4-2)42-74-58-54(72)51(69)56(46(40-63)76-58)79-60-55(73)52(70)57(47(41-64)77-60)78-59-53(71)50(68)49(67)45(39-62)75-59/h6,8,12,14,18,23,28,30,35,37,43-47,49-60,62-65,67-73H,3-5,7,9-11,13,15-17,19-22,24-27,29,31-34,36,38-42H2,1-2H3,(H,61,66)/b8-6-,14-12-,23-18-,30-28-,37-35+. The molecule has 0 bridgehead atoms. The molecule has 0 aliphatic carbocycles. The molecular formula is C60H105NO18. The van der Waals surface area contributed by atoms with Crippen LogP contribution in [0.3, 0.4) is 0 Å². The highest BCUT2D eigenvalue weighted by Crippen LogP contribution is 2.33. The Bertz CT molecular complexity index is 1680. The third kappa shape index (κ3) is 27.2. The molecule has 3 fully saturated rings. The van der Waals surface area contributed by atoms with Gasteiger partial charge in [0.15, 0.2) is 18.9 Å². The van der Waals surface area contributed by atoms with Crippen molar-refractivity contribution in [1.82, 2.24) is 5.32 Å². The molecule has 17 atom stereocenters. The number of carbonyl (C=O) groups excluding carboxylic acids is 1. The van der Waals surface area contributed by atoms with E-state index in [0.29, 0.717) is 6.42 Å². The van der Waals surface area contributed by atoms with Crippen LogP contribution >= 0.6 is 0 Å². The predicted molar refractivity (Wildman–Crippen MR) is 300 cm³/mol. The maximum Gasteiger partial charge on any atom is 0.220 e. The van der Waals surface area contributed by atoms with Crippen molar-refractivity contribution < 1.29 is 89.4 Å². The van der Waals surface area contributed by atoms with Crippen molar-refractivity contribution in [3.8, 4) is 0 Å². The third-order valence-electron chi connectivity index (χ3n) is 14.8. The monoisotopic (exact) mass is 1130 g/mol. The lowest BCUT2D eigenvalue weighted by molar-refractivity contribution is -0.379. The van der Waals surface area contributed by atoms with Crippen LogP contribution in [0.25, 0.3) is 0 Å². The second-order valence-electron chi connectivity index (χ2n) is 21.4. The molecule has 79 heavy (non-hydrogen) atoms. The number of hydrogen-bond acceptors (Lipinski definition) is 18. The summed E-state index contributed by atoms with van der Waals surface area (Å²) in [5.74, 6) is -0.318. The van der Waals surface area contributed by atoms with Gasteiger partial charge in [-0.2, -0.15) is 0 Å². The molecule has 19 heteroatoms. The highest BCUT2D eigenvalue weighted by atomic mass is 16.8. The van der Waals surface area contributed by atoms with Gasteiger partial charge in [-0.25, -0.2) is 0 Å². The third-order valence-corrected chi connectivity index (χ3v) is 14.8. The van der Waals surface area contributed by atoms with E-state index in [2.05, 4.69) is 67.8 Å². The van der Waals surface area contributed by atoms with Gasteiger partial charge in [0.1, 0.15) is 73.2 Å². The van der Waals surface area contributed by atoms with E-state index < -0.39 is 124 Å². The molecule has 3 aliphatic heterocycles. The highest BCUT2D eigenvalue weighted by molar-refractivity contribution is 5.76. The number of carbonyl (C=O) groups is 1. The first kappa shape index (κ1) is 70.8. The fourth-order valence-corrected chi connectivity index (χ4v) is 9.89. The molecule has 3 heterocycles. The van der Waals surface area contributed by atoms with Gasteiger partial charge < -0.3 is 89.9 Å². The van der Waals surface area contributed by atoms with Crippen LogP contribution in [-0.2, 0) is 33.2 Å². The number of aliphatic hydroxyl groups is 11. The van der Waals surface area contributed by atoms with Crippen LogP contribution in [0.1, 0.15) is 181 Å². The molecule has 17 unspecified atom stereocenters. The fraction of sp³-hybridized carbons (Fsp3) is 0.817. The molecule has 3 rings (SSSR count). The van der Waals surface area contributed by atoms with E-state index in [1.54, 1.807) is 6.08 Å². The molecule has 12 N–H and O–H groups in total. The van der Waals surface area contributed by atoms with E-state index >= 15 is 0 Å². The smallest absolute Gasteiger partial charge is 0.220 e. The average Bonchev–Trinajstić information content (AvgIpc) is 3.47. The summed E-state index contributed by atoms with van der Waals surface area (Å²) in [5.41, 5.74) is 0. The minimum atomic E-state index is -1.98. The van der Waals surface area contributed by atoms with Gasteiger partial charge in [-0.3, -0.25) is 4.79 Å². The van der Waals surface area contributed by atoms with Gasteiger partial charge in [-0.1, -0.05) is 177 Å². The maximum absolute atomic E-state index is 13.3. The lowest BCUT2D eigenvalue weighted by atomic mass is 9.96. The second-order valence-corrected chi connectivity index (χ2v) is 21.4. The topological polar surface area (TPSA) is 307 Å². The summed E-state index contributed by atoms with van der Waals surface area (Å²) in [6.45, 7) is 1.56. The second kappa shape index (κ2) is 43.2. The number of amides is 1. The Labute approximate surface area is 471 Å². The minimum Gasteiger partial charge on any atom is -0.394 e. The van der Waals surface area contributed by atoms with E-state index in [1.165, 1.54) is 89.9 Å². The summed E-state index contributed by atoms with van der Waals surface area (Å²) >= 11 is 0. The number of hydrogen-bond donors (Lipinski definition) is 12. The summed E-state index contributed by atoms with van der Waals surface area (Å²) in [7, 11) is 0. The van der Waals surface area contributed by atoms with Gasteiger partial charge in [0, 0.05) is 6.42 Å². The van der Waals surface area contributed by atoms with Crippen molar-refractivity contribution >= 4 is 5.91 Å². The van der Waals surface area contributed by atoms with Crippen molar-refractivity contribution in [1.29, 1.82) is 0 Å². The van der Waals surface area contributed by atoms with Crippen LogP contribution in [0.2, 0.25) is 0 Å². The van der Waals surface area contributed by atoms with E-state index in [9.17, 15) is 61.0 Å². The Hall–Kier alpha value is -2.51. The molecule has 19 nitrogen and oxygen atoms in total. The molecule has 0 radical (unpaired) electrons. The summed E-state index contributed by atoms with van der Waals surface area (Å²) in [4.78, 5) is 13.3. The van der Waals surface area contributed by atoms with Crippen LogP contribution in [0.4, 0.5) is 0 Å². The van der Waals surface area contributed by atoms with E-state index in [-0.39, 0.29) is 18.9 Å². The Kier molecular flexibility index (Phi) is 38.7. The van der Waals surface area contributed by atoms with E-state index in [4.69, 9.17) is 28.4 Å². The first-order chi connectivity index (χ1) is 38.3. The quantitative estimate of drug-likeness (QED) is 0.0274. The van der Waals surface area contributed by atoms with Crippen molar-refractivity contribution in [2.24, 2.45) is 0 Å². The SMILES string of the molecule is CC/C=C\C/C=C\C/C=C\C/C=C\CCCCC(=O)NC(COC1OC(CO)C(OC2OC(CO)C(OC3OC(CO)C(O)C(O)C3O)C(O)C2O)C(O)C1O)C(O)/C=C/CCCCCCCCCCCCCCCCCCC. The molecule has 0 spiro atoms. The number of aliphatic hydroxyl groups excluding tert-OH is 11. The first-order valence-electron chi connectivity index (χ1n) is 30.0. The van der Waals surface area contributed by atoms with Crippen molar-refractivity contribution in [2.45, 2.75) is 285 Å². The fourth-order valence-electron chi connectivity index (χ4n) is 9.89. The molecule has 0 aromatic rings. The lowest BCUT2D eigenvalue weighted by Crippen LogP contribution is -2.66. The zero-order valence-electron chi connectivity index (χ0n) is 47.6. The summed E-state index contributed by atoms with van der Waals surface area (Å²) in [6, 6.07) is -0.996. The summed E-state index contributed by atoms with van der Waals surface area (Å²) in [5, 5.41) is 120. The van der Waals surface area contributed by atoms with E-state index in [1.807, 2.05) is 6.08 Å². The first-order valence-corrected chi connectivity index (χ1v) is 30.0. The van der Waals surface area contributed by atoms with Gasteiger partial charge >= 0.3 is 0 Å². The largest absolute Gasteiger partial charge is 0.394 e. The number of ether oxygens (including phenoxy) is 6. The number of rotatable bonds is 43. The van der Waals surface area contributed by atoms with Crippen LogP contribution in [-0.4, -0.2) is 193 Å². The normalized spacial score (nSPS) is 30.7. The Morgan fingerprint density at radius 3 is 1.37 bits per heavy atom. The lowest BCUT2D eigenvalue weighted by Gasteiger charge is -2.48. The van der Waals surface area contributed by atoms with Crippen LogP contribution in [0.5, 0.6) is 0 Å². The molecule has 1 amide bonds. The highest BCUT2D eigenvalue weighted by Gasteiger charge is 2.53. The van der Waals surface area contributed by atoms with Crippen molar-refractivity contribution in [3.05, 3.63) is 60.8 Å². The van der Waals surface area contributed by atoms with Gasteiger partial charge in [0.05, 0.1) is 38.6 Å². The number of unbranched alkanes of at least 4 members (excludes halogenated alkanes) is 19. The Morgan fingerprint density at radius 2 is 0.873 bits per heavy atom. The molecule has 458 valence electrons. The predicted octanol–water partition coefficient (Wildman–Crippen LogP) is 5.26.